The van der Waals surface area contributed by atoms with E-state index in [0.717, 1.165) is 54.6 Å². The van der Waals surface area contributed by atoms with Crippen molar-refractivity contribution < 1.29 is 4.79 Å². The fourth-order valence-corrected chi connectivity index (χ4v) is 4.73. The van der Waals surface area contributed by atoms with Gasteiger partial charge in [0.15, 0.2) is 0 Å². The molecule has 136 valence electrons. The van der Waals surface area contributed by atoms with Crippen LogP contribution in [0.1, 0.15) is 42.1 Å². The highest BCUT2D eigenvalue weighted by Crippen LogP contribution is 2.40. The molecule has 1 unspecified atom stereocenters. The average Bonchev–Trinajstić information content (AvgIpc) is 3.34. The number of halogens is 1. The standard InChI is InChI=1S/C23H21ClN2O/c24-17-9-5-8-16(14-17)22-21-19(18-10-3-4-11-20(18)25-21)12-13-26(22)23(27)15-6-1-2-7-15/h3-6,8-11,14,22,25H,1-2,7,12-13H2. The third kappa shape index (κ3) is 2.78. The second-order valence-corrected chi connectivity index (χ2v) is 7.83. The van der Waals surface area contributed by atoms with E-state index in [1.54, 1.807) is 0 Å². The van der Waals surface area contributed by atoms with E-state index < -0.39 is 0 Å². The van der Waals surface area contributed by atoms with Gasteiger partial charge in [-0.1, -0.05) is 48.0 Å². The van der Waals surface area contributed by atoms with Crippen LogP contribution in [-0.2, 0) is 11.2 Å². The maximum atomic E-state index is 13.3. The summed E-state index contributed by atoms with van der Waals surface area (Å²) in [4.78, 5) is 18.9. The summed E-state index contributed by atoms with van der Waals surface area (Å²) >= 11 is 6.30. The molecule has 2 aliphatic rings. The van der Waals surface area contributed by atoms with Crippen LogP contribution in [-0.4, -0.2) is 22.3 Å². The van der Waals surface area contributed by atoms with Crippen LogP contribution in [0.5, 0.6) is 0 Å². The molecule has 1 aromatic heterocycles. The number of hydrogen-bond donors (Lipinski definition) is 1. The molecule has 0 fully saturated rings. The summed E-state index contributed by atoms with van der Waals surface area (Å²) in [6.45, 7) is 0.724. The van der Waals surface area contributed by atoms with Gasteiger partial charge in [0.25, 0.3) is 0 Å². The number of hydrogen-bond acceptors (Lipinski definition) is 1. The highest BCUT2D eigenvalue weighted by molar-refractivity contribution is 6.30. The van der Waals surface area contributed by atoms with Crippen molar-refractivity contribution >= 4 is 28.4 Å². The van der Waals surface area contributed by atoms with Gasteiger partial charge in [0, 0.05) is 33.7 Å². The second-order valence-electron chi connectivity index (χ2n) is 7.39. The quantitative estimate of drug-likeness (QED) is 0.638. The molecule has 1 aliphatic carbocycles. The Bertz CT molecular complexity index is 1070. The topological polar surface area (TPSA) is 36.1 Å². The first-order valence-corrected chi connectivity index (χ1v) is 9.95. The maximum absolute atomic E-state index is 13.3. The highest BCUT2D eigenvalue weighted by Gasteiger charge is 2.35. The normalized spacial score (nSPS) is 19.2. The van der Waals surface area contributed by atoms with E-state index >= 15 is 0 Å². The minimum Gasteiger partial charge on any atom is -0.356 e. The van der Waals surface area contributed by atoms with Crippen molar-refractivity contribution in [2.45, 2.75) is 31.7 Å². The van der Waals surface area contributed by atoms with Gasteiger partial charge >= 0.3 is 0 Å². The number of amides is 1. The predicted octanol–water partition coefficient (Wildman–Crippen LogP) is 5.41. The molecule has 4 heteroatoms. The number of benzene rings is 2. The summed E-state index contributed by atoms with van der Waals surface area (Å²) in [6, 6.07) is 16.2. The van der Waals surface area contributed by atoms with Crippen LogP contribution in [0.25, 0.3) is 10.9 Å². The molecule has 3 aromatic rings. The number of para-hydroxylation sites is 1. The number of H-pyrrole nitrogens is 1. The van der Waals surface area contributed by atoms with Gasteiger partial charge in [-0.25, -0.2) is 0 Å². The molecular weight excluding hydrogens is 356 g/mol. The van der Waals surface area contributed by atoms with Gasteiger partial charge in [-0.15, -0.1) is 0 Å². The lowest BCUT2D eigenvalue weighted by Crippen LogP contribution is -2.41. The third-order valence-corrected chi connectivity index (χ3v) is 6.01. The zero-order valence-corrected chi connectivity index (χ0v) is 15.8. The van der Waals surface area contributed by atoms with Crippen LogP contribution in [0.15, 0.2) is 60.2 Å². The summed E-state index contributed by atoms with van der Waals surface area (Å²) in [6.07, 6.45) is 5.95. The lowest BCUT2D eigenvalue weighted by molar-refractivity contribution is -0.129. The van der Waals surface area contributed by atoms with Crippen LogP contribution in [0.3, 0.4) is 0 Å². The van der Waals surface area contributed by atoms with Crippen LogP contribution in [0, 0.1) is 0 Å². The van der Waals surface area contributed by atoms with E-state index in [-0.39, 0.29) is 11.9 Å². The van der Waals surface area contributed by atoms with Gasteiger partial charge in [-0.3, -0.25) is 4.79 Å². The van der Waals surface area contributed by atoms with Crippen molar-refractivity contribution in [3.05, 3.63) is 82.0 Å². The number of nitrogens with one attached hydrogen (secondary N) is 1. The Hall–Kier alpha value is -2.52. The van der Waals surface area contributed by atoms with E-state index in [1.807, 2.05) is 29.2 Å². The predicted molar refractivity (Wildman–Crippen MR) is 109 cm³/mol. The first-order chi connectivity index (χ1) is 13.2. The Morgan fingerprint density at radius 2 is 2.00 bits per heavy atom. The molecule has 27 heavy (non-hydrogen) atoms. The van der Waals surface area contributed by atoms with E-state index in [0.29, 0.717) is 5.02 Å². The molecule has 2 heterocycles. The van der Waals surface area contributed by atoms with Crippen LogP contribution in [0.4, 0.5) is 0 Å². The van der Waals surface area contributed by atoms with Gasteiger partial charge in [0.2, 0.25) is 5.91 Å². The summed E-state index contributed by atoms with van der Waals surface area (Å²) < 4.78 is 0. The van der Waals surface area contributed by atoms with E-state index in [4.69, 9.17) is 11.6 Å². The molecule has 0 spiro atoms. The zero-order valence-electron chi connectivity index (χ0n) is 15.0. The molecule has 0 radical (unpaired) electrons. The smallest absolute Gasteiger partial charge is 0.250 e. The van der Waals surface area contributed by atoms with Crippen LogP contribution >= 0.6 is 11.6 Å². The molecule has 0 bridgehead atoms. The van der Waals surface area contributed by atoms with Crippen LogP contribution < -0.4 is 0 Å². The van der Waals surface area contributed by atoms with E-state index in [9.17, 15) is 4.79 Å². The summed E-state index contributed by atoms with van der Waals surface area (Å²) in [5.41, 5.74) is 5.59. The first kappa shape index (κ1) is 16.6. The average molecular weight is 377 g/mol. The number of allylic oxidation sites excluding steroid dienone is 1. The minimum atomic E-state index is -0.131. The van der Waals surface area contributed by atoms with Crippen molar-refractivity contribution in [3.63, 3.8) is 0 Å². The number of rotatable bonds is 2. The maximum Gasteiger partial charge on any atom is 0.250 e. The Balaban J connectivity index is 1.67. The molecule has 1 N–H and O–H groups in total. The fourth-order valence-electron chi connectivity index (χ4n) is 4.53. The van der Waals surface area contributed by atoms with Crippen molar-refractivity contribution in [2.75, 3.05) is 6.54 Å². The van der Waals surface area contributed by atoms with Gasteiger partial charge in [-0.05, 0) is 55.0 Å². The van der Waals surface area contributed by atoms with Crippen molar-refractivity contribution in [2.24, 2.45) is 0 Å². The van der Waals surface area contributed by atoms with Gasteiger partial charge < -0.3 is 9.88 Å². The number of carbonyl (C=O) groups excluding carboxylic acids is 1. The number of fused-ring (bicyclic) bond motifs is 3. The van der Waals surface area contributed by atoms with Gasteiger partial charge in [0.1, 0.15) is 0 Å². The highest BCUT2D eigenvalue weighted by atomic mass is 35.5. The first-order valence-electron chi connectivity index (χ1n) is 9.57. The van der Waals surface area contributed by atoms with Crippen LogP contribution in [0.2, 0.25) is 5.02 Å². The molecule has 1 atom stereocenters. The SMILES string of the molecule is O=C(C1=CCCC1)N1CCc2c([nH]c3ccccc23)C1c1cccc(Cl)c1. The zero-order chi connectivity index (χ0) is 18.4. The minimum absolute atomic E-state index is 0.131. The monoisotopic (exact) mass is 376 g/mol. The number of aromatic amines is 1. The fraction of sp³-hybridized carbons (Fsp3) is 0.261. The van der Waals surface area contributed by atoms with E-state index in [2.05, 4.69) is 35.3 Å². The molecule has 1 aliphatic heterocycles. The number of carbonyl (C=O) groups is 1. The molecule has 3 nitrogen and oxygen atoms in total. The van der Waals surface area contributed by atoms with Crippen molar-refractivity contribution in [1.29, 1.82) is 0 Å². The Labute approximate surface area is 163 Å². The summed E-state index contributed by atoms with van der Waals surface area (Å²) in [7, 11) is 0. The Morgan fingerprint density at radius 3 is 2.81 bits per heavy atom. The van der Waals surface area contributed by atoms with Crippen molar-refractivity contribution in [1.82, 2.24) is 9.88 Å². The molecule has 0 saturated carbocycles. The summed E-state index contributed by atoms with van der Waals surface area (Å²) in [5.74, 6) is 0.168. The molecular formula is C23H21ClN2O. The van der Waals surface area contributed by atoms with Crippen molar-refractivity contribution in [3.8, 4) is 0 Å². The van der Waals surface area contributed by atoms with Gasteiger partial charge in [-0.2, -0.15) is 0 Å². The number of aromatic nitrogens is 1. The number of nitrogens with zero attached hydrogens (tertiary/aromatic N) is 1. The molecule has 5 rings (SSSR count). The second kappa shape index (κ2) is 6.58. The van der Waals surface area contributed by atoms with E-state index in [1.165, 1.54) is 10.9 Å². The largest absolute Gasteiger partial charge is 0.356 e. The molecule has 2 aromatic carbocycles. The Morgan fingerprint density at radius 1 is 1.11 bits per heavy atom. The Kier molecular flexibility index (Phi) is 4.05. The molecule has 1 amide bonds. The third-order valence-electron chi connectivity index (χ3n) is 5.78. The lowest BCUT2D eigenvalue weighted by Gasteiger charge is -2.36. The summed E-state index contributed by atoms with van der Waals surface area (Å²) in [5, 5.41) is 1.95. The lowest BCUT2D eigenvalue weighted by atomic mass is 9.91. The van der Waals surface area contributed by atoms with Gasteiger partial charge in [0.05, 0.1) is 6.04 Å². The molecule has 0 saturated heterocycles.